The molecule has 3 aromatic heterocycles. The van der Waals surface area contributed by atoms with Gasteiger partial charge in [0, 0.05) is 28.7 Å². The van der Waals surface area contributed by atoms with Crippen LogP contribution in [0.15, 0.2) is 193 Å². The summed E-state index contributed by atoms with van der Waals surface area (Å²) in [7, 11) is -10.8. The smallest absolute Gasteiger partial charge is 0.342 e. The Labute approximate surface area is 532 Å². The molecule has 12 aromatic rings. The molecule has 0 aliphatic rings. The monoisotopic (exact) mass is 1350 g/mol. The molecule has 0 aliphatic heterocycles. The summed E-state index contributed by atoms with van der Waals surface area (Å²) in [5.41, 5.74) is 7.57. The zero-order valence-electron chi connectivity index (χ0n) is 49.1. The fraction of sp³-hybridized carbons (Fsp3) is 0.0896. The van der Waals surface area contributed by atoms with E-state index in [1.54, 1.807) is 115 Å². The first-order valence-corrected chi connectivity index (χ1v) is 33.3. The molecule has 0 bridgehead atoms. The molecule has 0 aliphatic carbocycles. The molecule has 12 rings (SSSR count). The maximum Gasteiger partial charge on any atom is 0.419 e. The maximum atomic E-state index is 14.1. The second-order valence-electron chi connectivity index (χ2n) is 21.2. The number of primary sulfonamides is 1. The van der Waals surface area contributed by atoms with Gasteiger partial charge in [0.25, 0.3) is 0 Å². The van der Waals surface area contributed by atoms with Crippen LogP contribution in [0.3, 0.4) is 0 Å². The molecule has 0 radical (unpaired) electrons. The minimum absolute atomic E-state index is 0.00933. The van der Waals surface area contributed by atoms with Crippen LogP contribution in [-0.4, -0.2) is 67.7 Å². The van der Waals surface area contributed by atoms with Crippen molar-refractivity contribution in [2.75, 3.05) is 22.0 Å². The predicted molar refractivity (Wildman–Crippen MR) is 347 cm³/mol. The summed E-state index contributed by atoms with van der Waals surface area (Å²) in [6.45, 7) is 0. The van der Waals surface area contributed by atoms with Crippen molar-refractivity contribution >= 4 is 98.8 Å². The highest BCUT2D eigenvalue weighted by molar-refractivity contribution is 7.92. The van der Waals surface area contributed by atoms with Crippen molar-refractivity contribution in [3.05, 3.63) is 251 Å². The number of anilines is 2. The maximum absolute atomic E-state index is 14.1. The SMILES string of the molecule is CS(=O)(=O)Nc1ccccc1-c1ccc2nc(/C=C/c3ccc(C(F)(F)F)c(F)c3)[nH]c2c1.CS(=O)(=O)Nc1ccccc1-c1ccc2nc(/C=C/c3ccc(C(F)(F)F)cc3F)[nH]c2c1.NS(=O)(=O)c1ccccc1-c1ccc2nc(CCc3ccccc3F)[nH]c2c1. The third kappa shape index (κ3) is 16.8. The Morgan fingerprint density at radius 1 is 0.457 bits per heavy atom. The number of aryl methyl sites for hydroxylation is 2. The van der Waals surface area contributed by atoms with Crippen LogP contribution in [0.25, 0.3) is 90.8 Å². The summed E-state index contributed by atoms with van der Waals surface area (Å²) in [5, 5.41) is 5.34. The molecule has 9 aromatic carbocycles. The number of nitrogens with zero attached hydrogens (tertiary/aromatic N) is 3. The fourth-order valence-electron chi connectivity index (χ4n) is 9.90. The molecule has 94 heavy (non-hydrogen) atoms. The van der Waals surface area contributed by atoms with Gasteiger partial charge in [-0.25, -0.2) is 58.5 Å². The Kier molecular flexibility index (Phi) is 19.2. The number of H-pyrrole nitrogens is 3. The molecule has 3 heterocycles. The van der Waals surface area contributed by atoms with Crippen molar-refractivity contribution in [1.29, 1.82) is 0 Å². The average Bonchev–Trinajstić information content (AvgIpc) is 1.39. The topological polar surface area (TPSA) is 239 Å². The van der Waals surface area contributed by atoms with E-state index in [0.717, 1.165) is 64.3 Å². The van der Waals surface area contributed by atoms with E-state index >= 15 is 0 Å². The van der Waals surface area contributed by atoms with E-state index < -0.39 is 65.2 Å². The Hall–Kier alpha value is -10.4. The van der Waals surface area contributed by atoms with E-state index in [9.17, 15) is 64.8 Å². The molecule has 15 nitrogen and oxygen atoms in total. The second-order valence-corrected chi connectivity index (χ2v) is 26.3. The largest absolute Gasteiger partial charge is 0.419 e. The van der Waals surface area contributed by atoms with Crippen LogP contribution in [0, 0.1) is 17.5 Å². The standard InChI is InChI=1S/2C23H17F4N3O2S.C21H18FN3O2S/c1-33(31,32)30-19-5-3-2-4-16(19)15-8-10-20-21(13-15)29-22(28-20)11-7-14-6-9-17(18(24)12-14)23(25,26)27;1-33(31,32)30-19-5-3-2-4-17(19)15-7-10-20-21(12-15)29-22(28-20)11-8-14-6-9-16(13-18(14)24)23(25,26)27;22-17-7-3-1-5-14(17)10-12-21-24-18-11-9-15(13-19(18)25-21)16-6-2-4-8-20(16)28(23,26)27/h2*2-13,30H,1H3,(H,28,29);1-9,11,13H,10,12H2,(H,24,25)(H2,23,26,27)/b11-7+;11-8+;. The lowest BCUT2D eigenvalue weighted by Gasteiger charge is -2.10. The number of fused-ring (bicyclic) bond motifs is 3. The van der Waals surface area contributed by atoms with Gasteiger partial charge in [-0.2, -0.15) is 26.3 Å². The number of aromatic amines is 3. The minimum atomic E-state index is -4.75. The molecule has 0 saturated heterocycles. The van der Waals surface area contributed by atoms with Gasteiger partial charge in [-0.15, -0.1) is 0 Å². The van der Waals surface area contributed by atoms with E-state index in [-0.39, 0.29) is 21.8 Å². The normalized spacial score (nSPS) is 12.3. The van der Waals surface area contributed by atoms with Crippen molar-refractivity contribution in [1.82, 2.24) is 29.9 Å². The first-order chi connectivity index (χ1) is 44.4. The van der Waals surface area contributed by atoms with Gasteiger partial charge in [-0.1, -0.05) is 109 Å². The molecule has 0 unspecified atom stereocenters. The lowest BCUT2D eigenvalue weighted by atomic mass is 10.0. The number of nitrogens with one attached hydrogen (secondary N) is 5. The highest BCUT2D eigenvalue weighted by atomic mass is 32.2. The quantitative estimate of drug-likeness (QED) is 0.0534. The zero-order valence-corrected chi connectivity index (χ0v) is 51.6. The fourth-order valence-corrected chi connectivity index (χ4v) is 11.8. The van der Waals surface area contributed by atoms with E-state index in [4.69, 9.17) is 5.14 Å². The number of benzene rings is 9. The molecule has 0 fully saturated rings. The average molecular weight is 1350 g/mol. The summed E-state index contributed by atoms with van der Waals surface area (Å²) >= 11 is 0. The highest BCUT2D eigenvalue weighted by Crippen LogP contribution is 2.36. The van der Waals surface area contributed by atoms with Crippen LogP contribution in [0.2, 0.25) is 0 Å². The molecule has 0 atom stereocenters. The Morgan fingerprint density at radius 2 is 0.947 bits per heavy atom. The highest BCUT2D eigenvalue weighted by Gasteiger charge is 2.34. The van der Waals surface area contributed by atoms with E-state index in [1.807, 2.05) is 24.3 Å². The number of hydrogen-bond acceptors (Lipinski definition) is 9. The van der Waals surface area contributed by atoms with Crippen LogP contribution in [0.5, 0.6) is 0 Å². The molecular weight excluding hydrogens is 1290 g/mol. The summed E-state index contributed by atoms with van der Waals surface area (Å²) in [4.78, 5) is 22.8. The van der Waals surface area contributed by atoms with Gasteiger partial charge in [0.2, 0.25) is 30.1 Å². The van der Waals surface area contributed by atoms with Gasteiger partial charge >= 0.3 is 12.4 Å². The second kappa shape index (κ2) is 27.1. The van der Waals surface area contributed by atoms with Gasteiger partial charge in [0.05, 0.1) is 73.0 Å². The van der Waals surface area contributed by atoms with Gasteiger partial charge in [0.15, 0.2) is 0 Å². The first-order valence-electron chi connectivity index (χ1n) is 28.0. The molecule has 0 amide bonds. The number of nitrogens with two attached hydrogens (primary N) is 1. The lowest BCUT2D eigenvalue weighted by Crippen LogP contribution is -2.13. The lowest BCUT2D eigenvalue weighted by molar-refractivity contribution is -0.140. The van der Waals surface area contributed by atoms with E-state index in [0.29, 0.717) is 92.3 Å². The third-order valence-corrected chi connectivity index (χ3v) is 16.3. The van der Waals surface area contributed by atoms with Crippen LogP contribution < -0.4 is 14.6 Å². The molecule has 0 saturated carbocycles. The molecular formula is C67H52F9N9O6S3. The number of para-hydroxylation sites is 2. The summed E-state index contributed by atoms with van der Waals surface area (Å²) in [6, 6.07) is 48.4. The van der Waals surface area contributed by atoms with Crippen LogP contribution in [0.4, 0.5) is 50.9 Å². The van der Waals surface area contributed by atoms with Crippen molar-refractivity contribution in [3.63, 3.8) is 0 Å². The molecule has 0 spiro atoms. The van der Waals surface area contributed by atoms with Crippen molar-refractivity contribution < 1.29 is 64.8 Å². The van der Waals surface area contributed by atoms with Crippen molar-refractivity contribution in [2.45, 2.75) is 30.1 Å². The van der Waals surface area contributed by atoms with Gasteiger partial charge < -0.3 is 15.0 Å². The Bertz CT molecular complexity index is 5240. The number of rotatable bonds is 15. The van der Waals surface area contributed by atoms with Gasteiger partial charge in [-0.05, 0) is 137 Å². The number of alkyl halides is 6. The molecule has 7 N–H and O–H groups in total. The Morgan fingerprint density at radius 3 is 1.46 bits per heavy atom. The number of imidazole rings is 3. The van der Waals surface area contributed by atoms with Crippen molar-refractivity contribution in [3.8, 4) is 33.4 Å². The van der Waals surface area contributed by atoms with Crippen LogP contribution in [-0.2, 0) is 55.3 Å². The van der Waals surface area contributed by atoms with Gasteiger partial charge in [-0.3, -0.25) is 9.44 Å². The van der Waals surface area contributed by atoms with E-state index in [1.165, 1.54) is 42.5 Å². The van der Waals surface area contributed by atoms with E-state index in [2.05, 4.69) is 39.3 Å². The molecule has 482 valence electrons. The van der Waals surface area contributed by atoms with Crippen LogP contribution in [0.1, 0.15) is 45.3 Å². The minimum Gasteiger partial charge on any atom is -0.342 e. The zero-order chi connectivity index (χ0) is 67.3. The number of aromatic nitrogens is 6. The summed E-state index contributed by atoms with van der Waals surface area (Å²) < 4.78 is 193. The summed E-state index contributed by atoms with van der Waals surface area (Å²) in [5.74, 6) is -1.01. The molecule has 27 heteroatoms. The van der Waals surface area contributed by atoms with Gasteiger partial charge in [0.1, 0.15) is 34.9 Å². The third-order valence-electron chi connectivity index (χ3n) is 14.2. The summed E-state index contributed by atoms with van der Waals surface area (Å²) in [6.07, 6.45) is -0.347. The number of hydrogen-bond donors (Lipinski definition) is 6. The van der Waals surface area contributed by atoms with Crippen molar-refractivity contribution in [2.24, 2.45) is 5.14 Å². The van der Waals surface area contributed by atoms with Crippen LogP contribution >= 0.6 is 0 Å². The first kappa shape index (κ1) is 66.6. The number of halogens is 9. The number of sulfonamides is 3. The predicted octanol–water partition coefficient (Wildman–Crippen LogP) is 15.7. The Balaban J connectivity index is 0.000000155.